The lowest BCUT2D eigenvalue weighted by molar-refractivity contribution is -0.121. The van der Waals surface area contributed by atoms with E-state index in [0.29, 0.717) is 12.1 Å². The van der Waals surface area contributed by atoms with Crippen molar-refractivity contribution in [3.63, 3.8) is 0 Å². The maximum Gasteiger partial charge on any atom is 0.241 e. The van der Waals surface area contributed by atoms with E-state index in [1.54, 1.807) is 11.7 Å². The van der Waals surface area contributed by atoms with Crippen molar-refractivity contribution in [2.75, 3.05) is 18.9 Å². The van der Waals surface area contributed by atoms with E-state index in [2.05, 4.69) is 21.0 Å². The van der Waals surface area contributed by atoms with Gasteiger partial charge in [-0.1, -0.05) is 6.42 Å². The molecule has 2 aliphatic rings. The first kappa shape index (κ1) is 14.4. The molecule has 2 heterocycles. The zero-order chi connectivity index (χ0) is 14.7. The van der Waals surface area contributed by atoms with Gasteiger partial charge in [0.25, 0.3) is 0 Å². The molecule has 0 spiro atoms. The van der Waals surface area contributed by atoms with Crippen LogP contribution in [0.3, 0.4) is 0 Å². The van der Waals surface area contributed by atoms with Gasteiger partial charge in [-0.3, -0.25) is 9.48 Å². The monoisotopic (exact) mass is 291 g/mol. The summed E-state index contributed by atoms with van der Waals surface area (Å²) >= 11 is 0. The van der Waals surface area contributed by atoms with Crippen LogP contribution in [0.25, 0.3) is 0 Å². The molecule has 21 heavy (non-hydrogen) atoms. The van der Waals surface area contributed by atoms with Crippen molar-refractivity contribution in [1.82, 2.24) is 20.4 Å². The Morgan fingerprint density at radius 1 is 1.43 bits per heavy atom. The molecule has 0 radical (unpaired) electrons. The van der Waals surface area contributed by atoms with E-state index in [-0.39, 0.29) is 12.5 Å². The number of carbonyl (C=O) groups excluding carboxylic acids is 1. The summed E-state index contributed by atoms with van der Waals surface area (Å²) in [5, 5.41) is 14.1. The molecule has 1 aromatic rings. The molecule has 6 nitrogen and oxygen atoms in total. The number of nitrogens with one attached hydrogen (secondary N) is 3. The van der Waals surface area contributed by atoms with Crippen LogP contribution in [0.2, 0.25) is 0 Å². The molecule has 1 aliphatic heterocycles. The molecule has 6 heteroatoms. The second-order valence-corrected chi connectivity index (χ2v) is 6.15. The normalized spacial score (nSPS) is 28.7. The van der Waals surface area contributed by atoms with Crippen LogP contribution < -0.4 is 16.0 Å². The number of nitrogens with zero attached hydrogens (tertiary/aromatic N) is 2. The third kappa shape index (κ3) is 3.37. The summed E-state index contributed by atoms with van der Waals surface area (Å²) in [5.41, 5.74) is 1.02. The predicted octanol–water partition coefficient (Wildman–Crippen LogP) is 0.962. The summed E-state index contributed by atoms with van der Waals surface area (Å²) in [6, 6.07) is 1.20. The standard InChI is InChI=1S/C15H25N5O/c1-16-15(21)10-20-9-11(8-18-20)19-14-5-2-4-12(14)13-6-3-7-17-13/h8-9,12-14,17,19H,2-7,10H2,1H3,(H,16,21). The SMILES string of the molecule is CNC(=O)Cn1cc(NC2CCCC2C2CCCN2)cn1. The Bertz CT molecular complexity index is 480. The van der Waals surface area contributed by atoms with Gasteiger partial charge in [0, 0.05) is 25.3 Å². The van der Waals surface area contributed by atoms with E-state index in [1.807, 2.05) is 12.4 Å². The topological polar surface area (TPSA) is 71.0 Å². The maximum absolute atomic E-state index is 11.4. The average molecular weight is 291 g/mol. The van der Waals surface area contributed by atoms with Crippen molar-refractivity contribution >= 4 is 11.6 Å². The van der Waals surface area contributed by atoms with Crippen molar-refractivity contribution in [2.24, 2.45) is 5.92 Å². The van der Waals surface area contributed by atoms with Crippen LogP contribution in [0.5, 0.6) is 0 Å². The number of carbonyl (C=O) groups is 1. The zero-order valence-electron chi connectivity index (χ0n) is 12.6. The largest absolute Gasteiger partial charge is 0.379 e. The number of hydrogen-bond acceptors (Lipinski definition) is 4. The molecule has 3 N–H and O–H groups in total. The summed E-state index contributed by atoms with van der Waals surface area (Å²) in [7, 11) is 1.64. The molecular formula is C15H25N5O. The number of rotatable bonds is 5. The van der Waals surface area contributed by atoms with Crippen LogP contribution in [0.4, 0.5) is 5.69 Å². The quantitative estimate of drug-likeness (QED) is 0.756. The molecule has 3 unspecified atom stereocenters. The van der Waals surface area contributed by atoms with Crippen LogP contribution in [0.15, 0.2) is 12.4 Å². The summed E-state index contributed by atoms with van der Waals surface area (Å²) in [5.74, 6) is 0.688. The highest BCUT2D eigenvalue weighted by Crippen LogP contribution is 2.33. The summed E-state index contributed by atoms with van der Waals surface area (Å²) in [6.45, 7) is 1.44. The maximum atomic E-state index is 11.4. The average Bonchev–Trinajstić information content (AvgIpc) is 3.20. The van der Waals surface area contributed by atoms with Gasteiger partial charge in [0.1, 0.15) is 6.54 Å². The Morgan fingerprint density at radius 3 is 3.10 bits per heavy atom. The smallest absolute Gasteiger partial charge is 0.241 e. The Hall–Kier alpha value is -1.56. The van der Waals surface area contributed by atoms with Gasteiger partial charge in [0.2, 0.25) is 5.91 Å². The molecule has 116 valence electrons. The van der Waals surface area contributed by atoms with E-state index < -0.39 is 0 Å². The number of hydrogen-bond donors (Lipinski definition) is 3. The second-order valence-electron chi connectivity index (χ2n) is 6.15. The van der Waals surface area contributed by atoms with E-state index >= 15 is 0 Å². The number of likely N-dealkylation sites (N-methyl/N-ethyl adjacent to an activating group) is 1. The summed E-state index contributed by atoms with van der Waals surface area (Å²) in [6.07, 6.45) is 10.2. The second kappa shape index (κ2) is 6.47. The van der Waals surface area contributed by atoms with Crippen molar-refractivity contribution < 1.29 is 4.79 Å². The highest BCUT2D eigenvalue weighted by Gasteiger charge is 2.34. The van der Waals surface area contributed by atoms with Gasteiger partial charge in [0.15, 0.2) is 0 Å². The Labute approximate surface area is 125 Å². The Balaban J connectivity index is 1.59. The van der Waals surface area contributed by atoms with Crippen LogP contribution in [-0.4, -0.2) is 41.4 Å². The van der Waals surface area contributed by atoms with E-state index in [9.17, 15) is 4.79 Å². The fourth-order valence-electron chi connectivity index (χ4n) is 3.69. The predicted molar refractivity (Wildman–Crippen MR) is 82.1 cm³/mol. The highest BCUT2D eigenvalue weighted by molar-refractivity contribution is 5.75. The fraction of sp³-hybridized carbons (Fsp3) is 0.733. The molecular weight excluding hydrogens is 266 g/mol. The Morgan fingerprint density at radius 2 is 2.33 bits per heavy atom. The molecule has 1 amide bonds. The fourth-order valence-corrected chi connectivity index (χ4v) is 3.69. The van der Waals surface area contributed by atoms with Gasteiger partial charge in [-0.2, -0.15) is 5.10 Å². The zero-order valence-corrected chi connectivity index (χ0v) is 12.6. The minimum absolute atomic E-state index is 0.0291. The van der Waals surface area contributed by atoms with Gasteiger partial charge in [0.05, 0.1) is 11.9 Å². The lowest BCUT2D eigenvalue weighted by Crippen LogP contribution is -2.38. The first-order valence-electron chi connectivity index (χ1n) is 7.99. The van der Waals surface area contributed by atoms with E-state index in [0.717, 1.165) is 18.2 Å². The van der Waals surface area contributed by atoms with Crippen LogP contribution in [0, 0.1) is 5.92 Å². The van der Waals surface area contributed by atoms with E-state index in [1.165, 1.54) is 32.1 Å². The van der Waals surface area contributed by atoms with Crippen molar-refractivity contribution in [1.29, 1.82) is 0 Å². The van der Waals surface area contributed by atoms with Gasteiger partial charge >= 0.3 is 0 Å². The first-order chi connectivity index (χ1) is 10.3. The van der Waals surface area contributed by atoms with Gasteiger partial charge in [-0.15, -0.1) is 0 Å². The highest BCUT2D eigenvalue weighted by atomic mass is 16.1. The summed E-state index contributed by atoms with van der Waals surface area (Å²) in [4.78, 5) is 11.4. The van der Waals surface area contributed by atoms with Crippen LogP contribution >= 0.6 is 0 Å². The van der Waals surface area contributed by atoms with Gasteiger partial charge in [-0.05, 0) is 38.1 Å². The van der Waals surface area contributed by atoms with Crippen molar-refractivity contribution in [3.8, 4) is 0 Å². The number of amides is 1. The lowest BCUT2D eigenvalue weighted by Gasteiger charge is -2.26. The molecule has 0 aromatic carbocycles. The molecule has 0 bridgehead atoms. The molecule has 3 atom stereocenters. The lowest BCUT2D eigenvalue weighted by atomic mass is 9.93. The van der Waals surface area contributed by atoms with Crippen LogP contribution in [0.1, 0.15) is 32.1 Å². The molecule has 1 aromatic heterocycles. The number of aromatic nitrogens is 2. The minimum atomic E-state index is -0.0291. The van der Waals surface area contributed by atoms with Gasteiger partial charge in [-0.25, -0.2) is 0 Å². The first-order valence-corrected chi connectivity index (χ1v) is 7.99. The molecule has 2 fully saturated rings. The molecule has 1 saturated heterocycles. The Kier molecular flexibility index (Phi) is 4.43. The molecule has 1 saturated carbocycles. The third-order valence-electron chi connectivity index (χ3n) is 4.75. The molecule has 3 rings (SSSR count). The minimum Gasteiger partial charge on any atom is -0.379 e. The number of anilines is 1. The van der Waals surface area contributed by atoms with Crippen molar-refractivity contribution in [2.45, 2.75) is 50.7 Å². The van der Waals surface area contributed by atoms with E-state index in [4.69, 9.17) is 0 Å². The van der Waals surface area contributed by atoms with Gasteiger partial charge < -0.3 is 16.0 Å². The molecule has 1 aliphatic carbocycles. The third-order valence-corrected chi connectivity index (χ3v) is 4.75. The van der Waals surface area contributed by atoms with Crippen LogP contribution in [-0.2, 0) is 11.3 Å². The summed E-state index contributed by atoms with van der Waals surface area (Å²) < 4.78 is 1.68. The van der Waals surface area contributed by atoms with Crippen molar-refractivity contribution in [3.05, 3.63) is 12.4 Å².